The van der Waals surface area contributed by atoms with E-state index in [1.165, 1.54) is 11.1 Å². The Morgan fingerprint density at radius 3 is 2.93 bits per heavy atom. The average molecular weight is 223 g/mol. The van der Waals surface area contributed by atoms with Crippen molar-refractivity contribution >= 4 is 22.5 Å². The van der Waals surface area contributed by atoms with Crippen LogP contribution in [0.25, 0.3) is 10.9 Å². The maximum atomic E-state index is 5.93. The molecule has 2 aromatic rings. The number of hydrogen-bond acceptors (Lipinski definition) is 1. The molecule has 1 heterocycles. The minimum absolute atomic E-state index is 0.480. The van der Waals surface area contributed by atoms with E-state index < -0.39 is 0 Å². The van der Waals surface area contributed by atoms with E-state index in [-0.39, 0.29) is 0 Å². The highest BCUT2D eigenvalue weighted by atomic mass is 35.5. The van der Waals surface area contributed by atoms with Crippen LogP contribution in [0, 0.1) is 0 Å². The SMILES string of the molecule is CNC(C)Cc1cc2ccc(Cl)cc2[nH]1. The van der Waals surface area contributed by atoms with Gasteiger partial charge in [-0.1, -0.05) is 17.7 Å². The Balaban J connectivity index is 2.30. The molecule has 0 aliphatic heterocycles. The number of H-pyrrole nitrogens is 1. The van der Waals surface area contributed by atoms with Gasteiger partial charge in [0.05, 0.1) is 0 Å². The predicted octanol–water partition coefficient (Wildman–Crippen LogP) is 2.97. The molecule has 0 aliphatic carbocycles. The molecule has 0 saturated heterocycles. The van der Waals surface area contributed by atoms with Gasteiger partial charge in [-0.25, -0.2) is 0 Å². The second kappa shape index (κ2) is 4.25. The Morgan fingerprint density at radius 1 is 1.40 bits per heavy atom. The number of rotatable bonds is 3. The maximum absolute atomic E-state index is 5.93. The number of halogens is 1. The number of fused-ring (bicyclic) bond motifs is 1. The van der Waals surface area contributed by atoms with Gasteiger partial charge >= 0.3 is 0 Å². The summed E-state index contributed by atoms with van der Waals surface area (Å²) in [5, 5.41) is 5.22. The molecule has 0 bridgehead atoms. The third-order valence-electron chi connectivity index (χ3n) is 2.66. The number of likely N-dealkylation sites (N-methyl/N-ethyl adjacent to an activating group) is 1. The van der Waals surface area contributed by atoms with Gasteiger partial charge in [0.15, 0.2) is 0 Å². The Labute approximate surface area is 94.6 Å². The van der Waals surface area contributed by atoms with Crippen molar-refractivity contribution in [1.82, 2.24) is 10.3 Å². The summed E-state index contributed by atoms with van der Waals surface area (Å²) in [4.78, 5) is 3.38. The van der Waals surface area contributed by atoms with Crippen LogP contribution >= 0.6 is 11.6 Å². The van der Waals surface area contributed by atoms with Crippen LogP contribution in [-0.2, 0) is 6.42 Å². The Hall–Kier alpha value is -0.990. The normalized spacial score (nSPS) is 13.3. The van der Waals surface area contributed by atoms with Gasteiger partial charge in [0.25, 0.3) is 0 Å². The third kappa shape index (κ3) is 2.33. The first-order valence-electron chi connectivity index (χ1n) is 5.13. The summed E-state index contributed by atoms with van der Waals surface area (Å²) >= 11 is 5.93. The summed E-state index contributed by atoms with van der Waals surface area (Å²) < 4.78 is 0. The third-order valence-corrected chi connectivity index (χ3v) is 2.89. The van der Waals surface area contributed by atoms with Gasteiger partial charge in [-0.3, -0.25) is 0 Å². The van der Waals surface area contributed by atoms with Crippen LogP contribution < -0.4 is 5.32 Å². The number of aromatic nitrogens is 1. The summed E-state index contributed by atoms with van der Waals surface area (Å²) in [6.07, 6.45) is 1.00. The maximum Gasteiger partial charge on any atom is 0.0471 e. The molecule has 0 amide bonds. The van der Waals surface area contributed by atoms with E-state index in [0.29, 0.717) is 6.04 Å². The van der Waals surface area contributed by atoms with Gasteiger partial charge in [-0.15, -0.1) is 0 Å². The van der Waals surface area contributed by atoms with Crippen LogP contribution in [0.5, 0.6) is 0 Å². The first kappa shape index (κ1) is 10.5. The van der Waals surface area contributed by atoms with E-state index in [1.807, 2.05) is 25.2 Å². The zero-order chi connectivity index (χ0) is 10.8. The van der Waals surface area contributed by atoms with Crippen LogP contribution in [0.2, 0.25) is 5.02 Å². The molecule has 1 unspecified atom stereocenters. The minimum Gasteiger partial charge on any atom is -0.358 e. The monoisotopic (exact) mass is 222 g/mol. The summed E-state index contributed by atoms with van der Waals surface area (Å²) in [5.41, 5.74) is 2.36. The topological polar surface area (TPSA) is 27.8 Å². The molecular formula is C12H15ClN2. The van der Waals surface area contributed by atoms with Gasteiger partial charge in [-0.2, -0.15) is 0 Å². The largest absolute Gasteiger partial charge is 0.358 e. The fourth-order valence-electron chi connectivity index (χ4n) is 1.70. The van der Waals surface area contributed by atoms with Gasteiger partial charge in [-0.05, 0) is 37.6 Å². The zero-order valence-electron chi connectivity index (χ0n) is 8.97. The summed E-state index contributed by atoms with van der Waals surface area (Å²) in [5.74, 6) is 0. The quantitative estimate of drug-likeness (QED) is 0.821. The van der Waals surface area contributed by atoms with Gasteiger partial charge < -0.3 is 10.3 Å². The molecule has 0 fully saturated rings. The van der Waals surface area contributed by atoms with Crippen molar-refractivity contribution in [2.45, 2.75) is 19.4 Å². The van der Waals surface area contributed by atoms with E-state index in [1.54, 1.807) is 0 Å². The molecule has 15 heavy (non-hydrogen) atoms. The van der Waals surface area contributed by atoms with Crippen molar-refractivity contribution in [2.24, 2.45) is 0 Å². The first-order valence-corrected chi connectivity index (χ1v) is 5.51. The molecule has 1 atom stereocenters. The van der Waals surface area contributed by atoms with E-state index in [2.05, 4.69) is 23.3 Å². The standard InChI is InChI=1S/C12H15ClN2/c1-8(14-2)5-11-6-9-3-4-10(13)7-12(9)15-11/h3-4,6-8,14-15H,5H2,1-2H3. The molecule has 1 aromatic heterocycles. The Bertz CT molecular complexity index is 462. The molecular weight excluding hydrogens is 208 g/mol. The molecule has 1 aromatic carbocycles. The number of hydrogen-bond donors (Lipinski definition) is 2. The second-order valence-electron chi connectivity index (χ2n) is 3.92. The number of nitrogens with one attached hydrogen (secondary N) is 2. The van der Waals surface area contributed by atoms with Crippen molar-refractivity contribution in [3.8, 4) is 0 Å². The van der Waals surface area contributed by atoms with E-state index >= 15 is 0 Å². The van der Waals surface area contributed by atoms with Crippen LogP contribution in [-0.4, -0.2) is 18.1 Å². The van der Waals surface area contributed by atoms with Crippen LogP contribution in [0.1, 0.15) is 12.6 Å². The number of benzene rings is 1. The predicted molar refractivity (Wildman–Crippen MR) is 65.5 cm³/mol. The molecule has 3 heteroatoms. The molecule has 0 aliphatic rings. The summed E-state index contributed by atoms with van der Waals surface area (Å²) in [7, 11) is 1.98. The summed E-state index contributed by atoms with van der Waals surface area (Å²) in [6, 6.07) is 8.59. The van der Waals surface area contributed by atoms with Gasteiger partial charge in [0.1, 0.15) is 0 Å². The Kier molecular flexibility index (Phi) is 2.98. The lowest BCUT2D eigenvalue weighted by atomic mass is 10.2. The number of aromatic amines is 1. The fourth-order valence-corrected chi connectivity index (χ4v) is 1.87. The highest BCUT2D eigenvalue weighted by Gasteiger charge is 2.04. The van der Waals surface area contributed by atoms with E-state index in [9.17, 15) is 0 Å². The van der Waals surface area contributed by atoms with Crippen molar-refractivity contribution in [1.29, 1.82) is 0 Å². The molecule has 2 N–H and O–H groups in total. The lowest BCUT2D eigenvalue weighted by molar-refractivity contribution is 0.603. The van der Waals surface area contributed by atoms with Crippen molar-refractivity contribution in [3.63, 3.8) is 0 Å². The zero-order valence-corrected chi connectivity index (χ0v) is 9.73. The highest BCUT2D eigenvalue weighted by molar-refractivity contribution is 6.31. The van der Waals surface area contributed by atoms with Crippen molar-refractivity contribution in [3.05, 3.63) is 35.0 Å². The summed E-state index contributed by atoms with van der Waals surface area (Å²) in [6.45, 7) is 2.17. The lowest BCUT2D eigenvalue weighted by Gasteiger charge is -2.07. The molecule has 2 rings (SSSR count). The van der Waals surface area contributed by atoms with E-state index in [4.69, 9.17) is 11.6 Å². The minimum atomic E-state index is 0.480. The average Bonchev–Trinajstić information content (AvgIpc) is 2.59. The van der Waals surface area contributed by atoms with Gasteiger partial charge in [0.2, 0.25) is 0 Å². The molecule has 0 radical (unpaired) electrons. The molecule has 0 saturated carbocycles. The smallest absolute Gasteiger partial charge is 0.0471 e. The van der Waals surface area contributed by atoms with E-state index in [0.717, 1.165) is 17.0 Å². The van der Waals surface area contributed by atoms with Crippen LogP contribution in [0.15, 0.2) is 24.3 Å². The molecule has 80 valence electrons. The van der Waals surface area contributed by atoms with Gasteiger partial charge in [0, 0.05) is 28.7 Å². The highest BCUT2D eigenvalue weighted by Crippen LogP contribution is 2.20. The molecule has 0 spiro atoms. The fraction of sp³-hybridized carbons (Fsp3) is 0.333. The first-order chi connectivity index (χ1) is 7.19. The molecule has 2 nitrogen and oxygen atoms in total. The van der Waals surface area contributed by atoms with Crippen molar-refractivity contribution < 1.29 is 0 Å². The lowest BCUT2D eigenvalue weighted by Crippen LogP contribution is -2.23. The second-order valence-corrected chi connectivity index (χ2v) is 4.36. The van der Waals surface area contributed by atoms with Crippen molar-refractivity contribution in [2.75, 3.05) is 7.05 Å². The van der Waals surface area contributed by atoms with Crippen LogP contribution in [0.3, 0.4) is 0 Å². The Morgan fingerprint density at radius 2 is 2.20 bits per heavy atom. The van der Waals surface area contributed by atoms with Crippen LogP contribution in [0.4, 0.5) is 0 Å².